The fourth-order valence-corrected chi connectivity index (χ4v) is 3.02. The van der Waals surface area contributed by atoms with Crippen molar-refractivity contribution in [3.63, 3.8) is 0 Å². The number of furan rings is 1. The molecule has 0 radical (unpaired) electrons. The summed E-state index contributed by atoms with van der Waals surface area (Å²) in [5.41, 5.74) is 2.18. The Hall–Kier alpha value is -2.80. The minimum Gasteiger partial charge on any atom is -0.469 e. The van der Waals surface area contributed by atoms with Crippen LogP contribution in [-0.4, -0.2) is 17.7 Å². The fourth-order valence-electron chi connectivity index (χ4n) is 2.30. The van der Waals surface area contributed by atoms with Crippen molar-refractivity contribution in [1.29, 1.82) is 0 Å². The molecule has 7 heteroatoms. The zero-order chi connectivity index (χ0) is 15.8. The van der Waals surface area contributed by atoms with Gasteiger partial charge < -0.3 is 13.9 Å². The lowest BCUT2D eigenvalue weighted by atomic mass is 10.1. The van der Waals surface area contributed by atoms with Gasteiger partial charge in [-0.1, -0.05) is 0 Å². The second-order valence-corrected chi connectivity index (χ2v) is 5.81. The molecule has 0 unspecified atom stereocenters. The molecule has 1 aliphatic rings. The minimum absolute atomic E-state index is 0.233. The largest absolute Gasteiger partial charge is 0.469 e. The van der Waals surface area contributed by atoms with Gasteiger partial charge in [0.15, 0.2) is 16.6 Å². The predicted molar refractivity (Wildman–Crippen MR) is 85.1 cm³/mol. The van der Waals surface area contributed by atoms with Crippen LogP contribution in [0.25, 0.3) is 11.3 Å². The number of aromatic nitrogens is 1. The molecule has 0 atom stereocenters. The van der Waals surface area contributed by atoms with E-state index in [1.54, 1.807) is 13.0 Å². The van der Waals surface area contributed by atoms with Gasteiger partial charge in [-0.2, -0.15) is 0 Å². The molecule has 1 aromatic carbocycles. The van der Waals surface area contributed by atoms with E-state index in [4.69, 9.17) is 13.9 Å². The highest BCUT2D eigenvalue weighted by molar-refractivity contribution is 7.14. The van der Waals surface area contributed by atoms with E-state index in [1.165, 1.54) is 17.6 Å². The molecule has 1 N–H and O–H groups in total. The van der Waals surface area contributed by atoms with Crippen LogP contribution in [-0.2, 0) is 0 Å². The second kappa shape index (κ2) is 5.44. The van der Waals surface area contributed by atoms with Gasteiger partial charge in [-0.15, -0.1) is 11.3 Å². The highest BCUT2D eigenvalue weighted by Crippen LogP contribution is 2.36. The molecule has 0 aliphatic carbocycles. The van der Waals surface area contributed by atoms with Crippen molar-refractivity contribution in [2.75, 3.05) is 12.1 Å². The molecule has 23 heavy (non-hydrogen) atoms. The van der Waals surface area contributed by atoms with Crippen LogP contribution in [0.2, 0.25) is 0 Å². The zero-order valence-corrected chi connectivity index (χ0v) is 13.0. The number of anilines is 1. The molecule has 3 heterocycles. The second-order valence-electron chi connectivity index (χ2n) is 4.95. The van der Waals surface area contributed by atoms with Crippen molar-refractivity contribution in [3.8, 4) is 22.8 Å². The van der Waals surface area contributed by atoms with Crippen molar-refractivity contribution in [3.05, 3.63) is 47.2 Å². The summed E-state index contributed by atoms with van der Waals surface area (Å²) in [6.07, 6.45) is 1.49. The third-order valence-electron chi connectivity index (χ3n) is 3.50. The van der Waals surface area contributed by atoms with Crippen molar-refractivity contribution in [2.24, 2.45) is 0 Å². The van der Waals surface area contributed by atoms with Gasteiger partial charge in [0.05, 0.1) is 17.5 Å². The lowest BCUT2D eigenvalue weighted by Gasteiger charge is -2.01. The third-order valence-corrected chi connectivity index (χ3v) is 4.25. The summed E-state index contributed by atoms with van der Waals surface area (Å²) in [5.74, 6) is 1.78. The summed E-state index contributed by atoms with van der Waals surface area (Å²) >= 11 is 1.36. The van der Waals surface area contributed by atoms with E-state index < -0.39 is 0 Å². The van der Waals surface area contributed by atoms with Crippen LogP contribution in [0.5, 0.6) is 11.5 Å². The average molecular weight is 328 g/mol. The van der Waals surface area contributed by atoms with Crippen LogP contribution < -0.4 is 14.8 Å². The summed E-state index contributed by atoms with van der Waals surface area (Å²) in [6.45, 7) is 1.98. The molecule has 0 saturated heterocycles. The number of amides is 1. The average Bonchev–Trinajstić information content (AvgIpc) is 3.26. The molecule has 4 rings (SSSR count). The number of carbonyl (C=O) groups is 1. The number of carbonyl (C=O) groups excluding carboxylic acids is 1. The smallest absolute Gasteiger partial charge is 0.260 e. The van der Waals surface area contributed by atoms with Crippen LogP contribution >= 0.6 is 11.3 Å². The molecule has 6 nitrogen and oxygen atoms in total. The molecule has 0 bridgehead atoms. The monoisotopic (exact) mass is 328 g/mol. The van der Waals surface area contributed by atoms with E-state index in [1.807, 2.05) is 23.6 Å². The number of rotatable bonds is 3. The molecule has 0 fully saturated rings. The number of fused-ring (bicyclic) bond motifs is 1. The van der Waals surface area contributed by atoms with Gasteiger partial charge in [0.1, 0.15) is 5.76 Å². The number of nitrogens with one attached hydrogen (secondary N) is 1. The van der Waals surface area contributed by atoms with E-state index in [9.17, 15) is 4.79 Å². The van der Waals surface area contributed by atoms with Gasteiger partial charge in [-0.25, -0.2) is 4.98 Å². The molecule has 0 spiro atoms. The van der Waals surface area contributed by atoms with Crippen molar-refractivity contribution >= 4 is 22.4 Å². The normalized spacial score (nSPS) is 12.4. The van der Waals surface area contributed by atoms with Crippen LogP contribution in [0.3, 0.4) is 0 Å². The number of benzene rings is 1. The van der Waals surface area contributed by atoms with Crippen LogP contribution in [0.15, 0.2) is 40.3 Å². The lowest BCUT2D eigenvalue weighted by Crippen LogP contribution is -2.11. The van der Waals surface area contributed by atoms with Gasteiger partial charge in [0, 0.05) is 10.9 Å². The van der Waals surface area contributed by atoms with Crippen molar-refractivity contribution < 1.29 is 18.7 Å². The Morgan fingerprint density at radius 1 is 1.26 bits per heavy atom. The first kappa shape index (κ1) is 13.8. The molecular weight excluding hydrogens is 316 g/mol. The van der Waals surface area contributed by atoms with Gasteiger partial charge in [-0.3, -0.25) is 10.1 Å². The van der Waals surface area contributed by atoms with E-state index in [0.717, 1.165) is 17.0 Å². The number of ether oxygens (including phenoxy) is 2. The Morgan fingerprint density at radius 2 is 2.13 bits per heavy atom. The van der Waals surface area contributed by atoms with E-state index in [2.05, 4.69) is 10.3 Å². The quantitative estimate of drug-likeness (QED) is 0.793. The first-order chi connectivity index (χ1) is 11.2. The first-order valence-electron chi connectivity index (χ1n) is 6.92. The number of aryl methyl sites for hydroxylation is 1. The number of nitrogens with zero attached hydrogens (tertiary/aromatic N) is 1. The SMILES string of the molecule is Cc1occc1C(=O)Nc1nc(-c2ccc3c(c2)OCO3)cs1. The van der Waals surface area contributed by atoms with E-state index in [-0.39, 0.29) is 12.7 Å². The van der Waals surface area contributed by atoms with Crippen molar-refractivity contribution in [1.82, 2.24) is 4.98 Å². The summed E-state index contributed by atoms with van der Waals surface area (Å²) < 4.78 is 15.8. The maximum atomic E-state index is 12.2. The standard InChI is InChI=1S/C16H12N2O4S/c1-9-11(4-5-20-9)15(19)18-16-17-12(7-23-16)10-2-3-13-14(6-10)22-8-21-13/h2-7H,8H2,1H3,(H,17,18,19). The number of thiazole rings is 1. The molecule has 3 aromatic rings. The van der Waals surface area contributed by atoms with Gasteiger partial charge in [0.2, 0.25) is 6.79 Å². The predicted octanol–water partition coefficient (Wildman–Crippen LogP) is 3.69. The van der Waals surface area contributed by atoms with Crippen molar-refractivity contribution in [2.45, 2.75) is 6.92 Å². The molecule has 116 valence electrons. The molecule has 2 aromatic heterocycles. The van der Waals surface area contributed by atoms with Gasteiger partial charge >= 0.3 is 0 Å². The van der Waals surface area contributed by atoms with E-state index in [0.29, 0.717) is 22.2 Å². The number of hydrogen-bond donors (Lipinski definition) is 1. The van der Waals surface area contributed by atoms with Crippen LogP contribution in [0, 0.1) is 6.92 Å². The van der Waals surface area contributed by atoms with Crippen LogP contribution in [0.1, 0.15) is 16.1 Å². The highest BCUT2D eigenvalue weighted by Gasteiger charge is 2.16. The van der Waals surface area contributed by atoms with E-state index >= 15 is 0 Å². The Bertz CT molecular complexity index is 884. The summed E-state index contributed by atoms with van der Waals surface area (Å²) in [5, 5.41) is 5.20. The Balaban J connectivity index is 1.55. The Labute approximate surface area is 135 Å². The maximum absolute atomic E-state index is 12.2. The maximum Gasteiger partial charge on any atom is 0.260 e. The minimum atomic E-state index is -0.233. The Kier molecular flexibility index (Phi) is 3.27. The van der Waals surface area contributed by atoms with Gasteiger partial charge in [-0.05, 0) is 31.2 Å². The highest BCUT2D eigenvalue weighted by atomic mass is 32.1. The lowest BCUT2D eigenvalue weighted by molar-refractivity contribution is 0.102. The zero-order valence-electron chi connectivity index (χ0n) is 12.2. The fraction of sp³-hybridized carbons (Fsp3) is 0.125. The summed E-state index contributed by atoms with van der Waals surface area (Å²) in [6, 6.07) is 7.28. The van der Waals surface area contributed by atoms with Crippen LogP contribution in [0.4, 0.5) is 5.13 Å². The molecule has 1 aliphatic heterocycles. The Morgan fingerprint density at radius 3 is 2.96 bits per heavy atom. The topological polar surface area (TPSA) is 73.6 Å². The molecule has 1 amide bonds. The summed E-state index contributed by atoms with van der Waals surface area (Å²) in [4.78, 5) is 16.6. The first-order valence-corrected chi connectivity index (χ1v) is 7.79. The summed E-state index contributed by atoms with van der Waals surface area (Å²) in [7, 11) is 0. The molecule has 0 saturated carbocycles. The number of hydrogen-bond acceptors (Lipinski definition) is 6. The third kappa shape index (κ3) is 2.55. The van der Waals surface area contributed by atoms with Gasteiger partial charge in [0.25, 0.3) is 5.91 Å². The molecular formula is C16H12N2O4S.